The highest BCUT2D eigenvalue weighted by Crippen LogP contribution is 2.23. The van der Waals surface area contributed by atoms with E-state index < -0.39 is 11.7 Å². The number of aliphatic imine (C=N–C) groups is 1. The number of guanidine groups is 1. The van der Waals surface area contributed by atoms with E-state index in [2.05, 4.69) is 25.9 Å². The van der Waals surface area contributed by atoms with E-state index in [0.29, 0.717) is 37.6 Å². The van der Waals surface area contributed by atoms with Crippen molar-refractivity contribution in [2.75, 3.05) is 20.1 Å². The first-order valence-electron chi connectivity index (χ1n) is 10.4. The number of pyridine rings is 1. The molecule has 2 rings (SSSR count). The van der Waals surface area contributed by atoms with Crippen LogP contribution < -0.4 is 20.7 Å². The fraction of sp³-hybridized carbons (Fsp3) is 0.667. The fourth-order valence-electron chi connectivity index (χ4n) is 3.01. The van der Waals surface area contributed by atoms with Gasteiger partial charge < -0.3 is 25.4 Å². The number of ether oxygens (including phenoxy) is 2. The second-order valence-corrected chi connectivity index (χ2v) is 8.16. The van der Waals surface area contributed by atoms with Gasteiger partial charge in [-0.3, -0.25) is 4.99 Å². The van der Waals surface area contributed by atoms with Crippen molar-refractivity contribution in [1.29, 1.82) is 0 Å². The molecule has 8 nitrogen and oxygen atoms in total. The molecule has 1 aromatic heterocycles. The standard InChI is InChI=1S/C21H35N5O3.HI/c1-21(2,3)29-20(27)25-12-7-11-24-19(22-4)26-15-16-10-13-23-18(14-16)28-17-8-5-6-9-17;/h10,13-14,17H,5-9,11-12,15H2,1-4H3,(H,25,27)(H2,22,24,26);1H. The number of rotatable bonds is 8. The van der Waals surface area contributed by atoms with Crippen molar-refractivity contribution in [1.82, 2.24) is 20.9 Å². The van der Waals surface area contributed by atoms with Gasteiger partial charge in [-0.25, -0.2) is 9.78 Å². The summed E-state index contributed by atoms with van der Waals surface area (Å²) in [7, 11) is 1.73. The topological polar surface area (TPSA) is 96.9 Å². The number of amides is 1. The first-order chi connectivity index (χ1) is 13.9. The van der Waals surface area contributed by atoms with E-state index in [1.54, 1.807) is 13.2 Å². The van der Waals surface area contributed by atoms with Crippen molar-refractivity contribution in [3.8, 4) is 5.88 Å². The maximum atomic E-state index is 11.6. The van der Waals surface area contributed by atoms with Crippen LogP contribution >= 0.6 is 24.0 Å². The molecular formula is C21H36IN5O3. The molecule has 1 aliphatic rings. The van der Waals surface area contributed by atoms with Crippen molar-refractivity contribution in [2.24, 2.45) is 4.99 Å². The fourth-order valence-corrected chi connectivity index (χ4v) is 3.01. The molecule has 1 fully saturated rings. The molecule has 1 heterocycles. The Morgan fingerprint density at radius 2 is 1.90 bits per heavy atom. The van der Waals surface area contributed by atoms with Gasteiger partial charge in [0.05, 0.1) is 0 Å². The first kappa shape index (κ1) is 26.3. The molecule has 1 amide bonds. The van der Waals surface area contributed by atoms with Gasteiger partial charge in [0.1, 0.15) is 11.7 Å². The van der Waals surface area contributed by atoms with Gasteiger partial charge in [-0.2, -0.15) is 0 Å². The van der Waals surface area contributed by atoms with Crippen LogP contribution in [-0.2, 0) is 11.3 Å². The molecule has 0 spiro atoms. The van der Waals surface area contributed by atoms with Gasteiger partial charge in [0, 0.05) is 38.9 Å². The monoisotopic (exact) mass is 533 g/mol. The Bertz CT molecular complexity index is 673. The number of alkyl carbamates (subject to hydrolysis) is 1. The van der Waals surface area contributed by atoms with Gasteiger partial charge in [0.2, 0.25) is 5.88 Å². The summed E-state index contributed by atoms with van der Waals surface area (Å²) in [6.45, 7) is 7.37. The van der Waals surface area contributed by atoms with Crippen molar-refractivity contribution >= 4 is 36.0 Å². The van der Waals surface area contributed by atoms with E-state index in [9.17, 15) is 4.79 Å². The Kier molecular flexibility index (Phi) is 11.8. The van der Waals surface area contributed by atoms with Gasteiger partial charge >= 0.3 is 6.09 Å². The Morgan fingerprint density at radius 3 is 2.57 bits per heavy atom. The number of nitrogens with zero attached hydrogens (tertiary/aromatic N) is 2. The third-order valence-electron chi connectivity index (χ3n) is 4.39. The minimum Gasteiger partial charge on any atom is -0.474 e. The molecule has 0 aliphatic heterocycles. The minimum absolute atomic E-state index is 0. The minimum atomic E-state index is -0.483. The van der Waals surface area contributed by atoms with Gasteiger partial charge in [-0.1, -0.05) is 0 Å². The summed E-state index contributed by atoms with van der Waals surface area (Å²) in [6.07, 6.45) is 7.15. The lowest BCUT2D eigenvalue weighted by Crippen LogP contribution is -2.39. The molecule has 0 saturated heterocycles. The van der Waals surface area contributed by atoms with Crippen molar-refractivity contribution in [3.05, 3.63) is 23.9 Å². The highest BCUT2D eigenvalue weighted by Gasteiger charge is 2.17. The zero-order chi connectivity index (χ0) is 21.1. The average molecular weight is 533 g/mol. The number of nitrogens with one attached hydrogen (secondary N) is 3. The SMILES string of the molecule is CN=C(NCCCNC(=O)OC(C)(C)C)NCc1ccnc(OC2CCCC2)c1.I. The molecule has 0 bridgehead atoms. The van der Waals surface area contributed by atoms with Gasteiger partial charge in [0.25, 0.3) is 0 Å². The number of aromatic nitrogens is 1. The maximum absolute atomic E-state index is 11.6. The van der Waals surface area contributed by atoms with Crippen LogP contribution in [0.25, 0.3) is 0 Å². The second kappa shape index (κ2) is 13.5. The van der Waals surface area contributed by atoms with E-state index >= 15 is 0 Å². The quantitative estimate of drug-likeness (QED) is 0.205. The molecule has 1 saturated carbocycles. The van der Waals surface area contributed by atoms with Crippen molar-refractivity contribution in [2.45, 2.75) is 71.1 Å². The molecule has 9 heteroatoms. The van der Waals surface area contributed by atoms with E-state index in [4.69, 9.17) is 9.47 Å². The average Bonchev–Trinajstić information content (AvgIpc) is 3.16. The summed E-state index contributed by atoms with van der Waals surface area (Å²) in [5.74, 6) is 1.39. The van der Waals surface area contributed by atoms with Crippen molar-refractivity contribution < 1.29 is 14.3 Å². The third-order valence-corrected chi connectivity index (χ3v) is 4.39. The van der Waals surface area contributed by atoms with Crippen LogP contribution in [0, 0.1) is 0 Å². The van der Waals surface area contributed by atoms with Crippen LogP contribution in [0.4, 0.5) is 4.79 Å². The third kappa shape index (κ3) is 10.8. The summed E-state index contributed by atoms with van der Waals surface area (Å²) < 4.78 is 11.2. The molecule has 0 unspecified atom stereocenters. The van der Waals surface area contributed by atoms with E-state index in [1.165, 1.54) is 12.8 Å². The maximum Gasteiger partial charge on any atom is 0.407 e. The number of carbonyl (C=O) groups excluding carboxylic acids is 1. The van der Waals surface area contributed by atoms with Crippen LogP contribution in [0.2, 0.25) is 0 Å². The van der Waals surface area contributed by atoms with Crippen LogP contribution in [-0.4, -0.2) is 48.9 Å². The molecular weight excluding hydrogens is 497 g/mol. The molecule has 1 aliphatic carbocycles. The van der Waals surface area contributed by atoms with Crippen LogP contribution in [0.1, 0.15) is 58.4 Å². The number of halogens is 1. The summed E-state index contributed by atoms with van der Waals surface area (Å²) >= 11 is 0. The molecule has 170 valence electrons. The zero-order valence-corrected chi connectivity index (χ0v) is 20.8. The second-order valence-electron chi connectivity index (χ2n) is 8.16. The largest absolute Gasteiger partial charge is 0.474 e. The van der Waals surface area contributed by atoms with E-state index in [1.807, 2.05) is 32.9 Å². The molecule has 0 aromatic carbocycles. The van der Waals surface area contributed by atoms with E-state index in [0.717, 1.165) is 24.8 Å². The first-order valence-corrected chi connectivity index (χ1v) is 10.4. The number of hydrogen-bond donors (Lipinski definition) is 3. The molecule has 0 radical (unpaired) electrons. The zero-order valence-electron chi connectivity index (χ0n) is 18.5. The summed E-state index contributed by atoms with van der Waals surface area (Å²) in [5, 5.41) is 9.26. The van der Waals surface area contributed by atoms with E-state index in [-0.39, 0.29) is 24.0 Å². The molecule has 3 N–H and O–H groups in total. The highest BCUT2D eigenvalue weighted by molar-refractivity contribution is 14.0. The summed E-state index contributed by atoms with van der Waals surface area (Å²) in [4.78, 5) is 20.1. The van der Waals surface area contributed by atoms with Crippen molar-refractivity contribution in [3.63, 3.8) is 0 Å². The van der Waals surface area contributed by atoms with Crippen LogP contribution in [0.5, 0.6) is 5.88 Å². The molecule has 0 atom stereocenters. The lowest BCUT2D eigenvalue weighted by atomic mass is 10.2. The normalized spacial score (nSPS) is 14.6. The smallest absolute Gasteiger partial charge is 0.407 e. The molecule has 30 heavy (non-hydrogen) atoms. The predicted octanol–water partition coefficient (Wildman–Crippen LogP) is 3.60. The van der Waals surface area contributed by atoms with Crippen LogP contribution in [0.3, 0.4) is 0 Å². The number of carbonyl (C=O) groups is 1. The lowest BCUT2D eigenvalue weighted by molar-refractivity contribution is 0.0527. The number of hydrogen-bond acceptors (Lipinski definition) is 5. The van der Waals surface area contributed by atoms with Gasteiger partial charge in [0.15, 0.2) is 5.96 Å². The Morgan fingerprint density at radius 1 is 1.20 bits per heavy atom. The molecule has 1 aromatic rings. The van der Waals surface area contributed by atoms with Gasteiger partial charge in [-0.15, -0.1) is 24.0 Å². The Balaban J connectivity index is 0.00000450. The summed E-state index contributed by atoms with van der Waals surface area (Å²) in [6, 6.07) is 3.94. The Hall–Kier alpha value is -1.78. The van der Waals surface area contributed by atoms with Crippen LogP contribution in [0.15, 0.2) is 23.3 Å². The highest BCUT2D eigenvalue weighted by atomic mass is 127. The van der Waals surface area contributed by atoms with Gasteiger partial charge in [-0.05, 0) is 64.5 Å². The lowest BCUT2D eigenvalue weighted by Gasteiger charge is -2.19. The Labute approximate surface area is 197 Å². The summed E-state index contributed by atoms with van der Waals surface area (Å²) in [5.41, 5.74) is 0.603. The predicted molar refractivity (Wildman–Crippen MR) is 130 cm³/mol.